The van der Waals surface area contributed by atoms with Gasteiger partial charge in [-0.3, -0.25) is 13.9 Å². The number of sulfonamides is 1. The Kier molecular flexibility index (Phi) is 9.34. The molecule has 2 aromatic rings. The van der Waals surface area contributed by atoms with Gasteiger partial charge in [0.1, 0.15) is 12.6 Å². The quantitative estimate of drug-likeness (QED) is 0.502. The highest BCUT2D eigenvalue weighted by atomic mass is 79.9. The summed E-state index contributed by atoms with van der Waals surface area (Å²) < 4.78 is 27.0. The Hall–Kier alpha value is -2.10. The second-order valence-electron chi connectivity index (χ2n) is 8.16. The molecule has 10 heteroatoms. The van der Waals surface area contributed by atoms with Crippen LogP contribution in [0.2, 0.25) is 5.02 Å². The molecule has 2 amide bonds. The van der Waals surface area contributed by atoms with E-state index in [2.05, 4.69) is 21.2 Å². The molecule has 1 atom stereocenters. The molecule has 0 aliphatic rings. The minimum absolute atomic E-state index is 0.0577. The smallest absolute Gasteiger partial charge is 0.244 e. The van der Waals surface area contributed by atoms with Gasteiger partial charge in [-0.05, 0) is 63.1 Å². The number of hydrogen-bond acceptors (Lipinski definition) is 4. The van der Waals surface area contributed by atoms with Gasteiger partial charge < -0.3 is 10.2 Å². The highest BCUT2D eigenvalue weighted by Gasteiger charge is 2.30. The largest absolute Gasteiger partial charge is 0.352 e. The van der Waals surface area contributed by atoms with Crippen molar-refractivity contribution in [3.8, 4) is 0 Å². The van der Waals surface area contributed by atoms with Crippen LogP contribution in [0, 0.1) is 6.92 Å². The summed E-state index contributed by atoms with van der Waals surface area (Å²) in [6.07, 6.45) is 1.05. The van der Waals surface area contributed by atoms with Gasteiger partial charge in [-0.15, -0.1) is 0 Å². The fourth-order valence-electron chi connectivity index (χ4n) is 3.20. The Morgan fingerprint density at radius 1 is 1.12 bits per heavy atom. The number of nitrogens with one attached hydrogen (secondary N) is 1. The molecule has 0 aliphatic carbocycles. The first-order valence-electron chi connectivity index (χ1n) is 10.4. The zero-order valence-electron chi connectivity index (χ0n) is 19.3. The normalized spacial score (nSPS) is 12.4. The van der Waals surface area contributed by atoms with E-state index in [0.717, 1.165) is 20.6 Å². The summed E-state index contributed by atoms with van der Waals surface area (Å²) in [6.45, 7) is 6.70. The summed E-state index contributed by atoms with van der Waals surface area (Å²) >= 11 is 9.70. The van der Waals surface area contributed by atoms with Crippen molar-refractivity contribution in [2.24, 2.45) is 0 Å². The van der Waals surface area contributed by atoms with Crippen molar-refractivity contribution in [2.45, 2.75) is 46.3 Å². The van der Waals surface area contributed by atoms with Gasteiger partial charge in [0.25, 0.3) is 0 Å². The van der Waals surface area contributed by atoms with Crippen LogP contribution in [0.25, 0.3) is 0 Å². The Morgan fingerprint density at radius 2 is 1.76 bits per heavy atom. The van der Waals surface area contributed by atoms with Crippen molar-refractivity contribution in [1.82, 2.24) is 10.2 Å². The molecule has 0 heterocycles. The molecule has 0 unspecified atom stereocenters. The minimum atomic E-state index is -3.78. The van der Waals surface area contributed by atoms with Crippen molar-refractivity contribution in [2.75, 3.05) is 17.1 Å². The lowest BCUT2D eigenvalue weighted by atomic mass is 10.1. The first kappa shape index (κ1) is 27.1. The lowest BCUT2D eigenvalue weighted by Gasteiger charge is -2.32. The molecule has 2 rings (SSSR count). The van der Waals surface area contributed by atoms with E-state index in [9.17, 15) is 18.0 Å². The molecule has 0 spiro atoms. The number of halogens is 2. The van der Waals surface area contributed by atoms with E-state index >= 15 is 0 Å². The number of rotatable bonds is 9. The number of carbonyl (C=O) groups is 2. The molecule has 0 aromatic heterocycles. The number of amides is 2. The molecule has 2 aromatic carbocycles. The van der Waals surface area contributed by atoms with E-state index in [4.69, 9.17) is 11.6 Å². The summed E-state index contributed by atoms with van der Waals surface area (Å²) in [4.78, 5) is 27.5. The second-order valence-corrected chi connectivity index (χ2v) is 11.3. The van der Waals surface area contributed by atoms with Crippen LogP contribution in [0.3, 0.4) is 0 Å². The van der Waals surface area contributed by atoms with Crippen molar-refractivity contribution in [3.63, 3.8) is 0 Å². The SMILES string of the molecule is Cc1cc(N(CC(=O)N(Cc2ccccc2Cl)[C@@H](C)C(=O)NC(C)C)S(C)(=O)=O)ccc1Br. The summed E-state index contributed by atoms with van der Waals surface area (Å²) in [7, 11) is -3.78. The van der Waals surface area contributed by atoms with Gasteiger partial charge in [-0.1, -0.05) is 45.7 Å². The Morgan fingerprint density at radius 3 is 2.30 bits per heavy atom. The molecule has 0 saturated carbocycles. The molecule has 0 saturated heterocycles. The number of carbonyl (C=O) groups excluding carboxylic acids is 2. The van der Waals surface area contributed by atoms with Crippen LogP contribution >= 0.6 is 27.5 Å². The van der Waals surface area contributed by atoms with E-state index in [-0.39, 0.29) is 18.5 Å². The second kappa shape index (κ2) is 11.4. The summed E-state index contributed by atoms with van der Waals surface area (Å²) in [5.41, 5.74) is 1.84. The molecule has 0 radical (unpaired) electrons. The number of hydrogen-bond donors (Lipinski definition) is 1. The summed E-state index contributed by atoms with van der Waals surface area (Å²) in [5.74, 6) is -0.858. The van der Waals surface area contributed by atoms with Gasteiger partial charge >= 0.3 is 0 Å². The molecular formula is C23H29BrClN3O4S. The van der Waals surface area contributed by atoms with Crippen LogP contribution in [0.5, 0.6) is 0 Å². The van der Waals surface area contributed by atoms with Crippen LogP contribution in [-0.2, 0) is 26.2 Å². The van der Waals surface area contributed by atoms with E-state index in [1.165, 1.54) is 4.90 Å². The van der Waals surface area contributed by atoms with Gasteiger partial charge in [0.15, 0.2) is 0 Å². The minimum Gasteiger partial charge on any atom is -0.352 e. The average molecular weight is 559 g/mol. The van der Waals surface area contributed by atoms with E-state index in [0.29, 0.717) is 16.3 Å². The third kappa shape index (κ3) is 7.45. The zero-order chi connectivity index (χ0) is 24.9. The molecule has 1 N–H and O–H groups in total. The number of nitrogens with zero attached hydrogens (tertiary/aromatic N) is 2. The summed E-state index contributed by atoms with van der Waals surface area (Å²) in [5, 5.41) is 3.26. The zero-order valence-corrected chi connectivity index (χ0v) is 22.5. The molecule has 0 aliphatic heterocycles. The Bertz CT molecular complexity index is 1120. The standard InChI is InChI=1S/C23H29BrClN3O4S/c1-15(2)26-23(30)17(4)27(13-18-8-6-7-9-21(18)25)22(29)14-28(33(5,31)32)19-10-11-20(24)16(3)12-19/h6-12,15,17H,13-14H2,1-5H3,(H,26,30)/t17-/m0/s1. The maximum atomic E-state index is 13.5. The topological polar surface area (TPSA) is 86.8 Å². The average Bonchev–Trinajstić information content (AvgIpc) is 2.71. The molecule has 180 valence electrons. The molecule has 0 fully saturated rings. The van der Waals surface area contributed by atoms with E-state index in [1.807, 2.05) is 20.8 Å². The first-order valence-corrected chi connectivity index (χ1v) is 13.4. The van der Waals surface area contributed by atoms with Gasteiger partial charge in [0, 0.05) is 22.1 Å². The van der Waals surface area contributed by atoms with Gasteiger partial charge in [0.2, 0.25) is 21.8 Å². The van der Waals surface area contributed by atoms with E-state index < -0.39 is 28.5 Å². The third-order valence-corrected chi connectivity index (χ3v) is 7.40. The van der Waals surface area contributed by atoms with Gasteiger partial charge in [-0.25, -0.2) is 8.42 Å². The predicted octanol–water partition coefficient (Wildman–Crippen LogP) is 4.12. The van der Waals surface area contributed by atoms with Crippen LogP contribution in [0.15, 0.2) is 46.9 Å². The fourth-order valence-corrected chi connectivity index (χ4v) is 4.48. The third-order valence-electron chi connectivity index (χ3n) is 5.01. The van der Waals surface area contributed by atoms with Crippen molar-refractivity contribution >= 4 is 55.1 Å². The molecule has 33 heavy (non-hydrogen) atoms. The monoisotopic (exact) mass is 557 g/mol. The molecule has 7 nitrogen and oxygen atoms in total. The van der Waals surface area contributed by atoms with Crippen LogP contribution in [0.4, 0.5) is 5.69 Å². The van der Waals surface area contributed by atoms with Crippen molar-refractivity contribution in [3.05, 3.63) is 63.1 Å². The Balaban J connectivity index is 2.43. The highest BCUT2D eigenvalue weighted by molar-refractivity contribution is 9.10. The Labute approximate surface area is 209 Å². The van der Waals surface area contributed by atoms with Crippen LogP contribution in [0.1, 0.15) is 31.9 Å². The lowest BCUT2D eigenvalue weighted by molar-refractivity contribution is -0.139. The molecule has 0 bridgehead atoms. The molecular weight excluding hydrogens is 530 g/mol. The van der Waals surface area contributed by atoms with Crippen molar-refractivity contribution in [1.29, 1.82) is 0 Å². The van der Waals surface area contributed by atoms with Crippen LogP contribution < -0.4 is 9.62 Å². The fraction of sp³-hybridized carbons (Fsp3) is 0.391. The van der Waals surface area contributed by atoms with Crippen molar-refractivity contribution < 1.29 is 18.0 Å². The highest BCUT2D eigenvalue weighted by Crippen LogP contribution is 2.25. The number of anilines is 1. The lowest BCUT2D eigenvalue weighted by Crippen LogP contribution is -2.52. The maximum absolute atomic E-state index is 13.5. The van der Waals surface area contributed by atoms with Gasteiger partial charge in [0.05, 0.1) is 11.9 Å². The first-order chi connectivity index (χ1) is 15.3. The number of benzene rings is 2. The van der Waals surface area contributed by atoms with Crippen LogP contribution in [-0.4, -0.2) is 50.0 Å². The number of aryl methyl sites for hydroxylation is 1. The summed E-state index contributed by atoms with van der Waals surface area (Å²) in [6, 6.07) is 11.1. The van der Waals surface area contributed by atoms with Gasteiger partial charge in [-0.2, -0.15) is 0 Å². The predicted molar refractivity (Wildman–Crippen MR) is 136 cm³/mol. The van der Waals surface area contributed by atoms with E-state index in [1.54, 1.807) is 49.4 Å². The maximum Gasteiger partial charge on any atom is 0.244 e.